The molecule has 1 aliphatic rings. The zero-order valence-corrected chi connectivity index (χ0v) is 13.9. The molecule has 1 fully saturated rings. The number of anilines is 1. The third-order valence-electron chi connectivity index (χ3n) is 3.83. The molecule has 0 unspecified atom stereocenters. The van der Waals surface area contributed by atoms with Gasteiger partial charge in [-0.15, -0.1) is 0 Å². The predicted octanol–water partition coefficient (Wildman–Crippen LogP) is 2.30. The number of aryl methyl sites for hydroxylation is 1. The Morgan fingerprint density at radius 2 is 2.09 bits per heavy atom. The number of amides is 1. The summed E-state index contributed by atoms with van der Waals surface area (Å²) in [6.07, 6.45) is 2.06. The third kappa shape index (κ3) is 3.20. The maximum atomic E-state index is 12.3. The van der Waals surface area contributed by atoms with Crippen LogP contribution in [0.3, 0.4) is 0 Å². The Hall–Kier alpha value is -1.73. The summed E-state index contributed by atoms with van der Waals surface area (Å²) in [4.78, 5) is 16.8. The van der Waals surface area contributed by atoms with Crippen molar-refractivity contribution < 1.29 is 4.79 Å². The summed E-state index contributed by atoms with van der Waals surface area (Å²) in [6.45, 7) is 1.98. The lowest BCUT2D eigenvalue weighted by Crippen LogP contribution is -2.27. The first kappa shape index (κ1) is 15.2. The smallest absolute Gasteiger partial charge is 0.259 e. The van der Waals surface area contributed by atoms with Crippen LogP contribution in [0.25, 0.3) is 0 Å². The van der Waals surface area contributed by atoms with E-state index in [9.17, 15) is 4.79 Å². The number of rotatable bonds is 3. The van der Waals surface area contributed by atoms with Gasteiger partial charge in [-0.25, -0.2) is 4.68 Å². The lowest BCUT2D eigenvalue weighted by Gasteiger charge is -2.19. The van der Waals surface area contributed by atoms with Gasteiger partial charge in [-0.2, -0.15) is 10.1 Å². The quantitative estimate of drug-likeness (QED) is 0.877. The molecule has 1 aromatic carbocycles. The number of hydrogen-bond donors (Lipinski definition) is 2. The van der Waals surface area contributed by atoms with Crippen molar-refractivity contribution in [2.45, 2.75) is 18.8 Å². The van der Waals surface area contributed by atoms with Gasteiger partial charge in [-0.3, -0.25) is 10.1 Å². The van der Waals surface area contributed by atoms with Crippen LogP contribution in [0.1, 0.15) is 34.9 Å². The van der Waals surface area contributed by atoms with Crippen LogP contribution < -0.4 is 10.6 Å². The summed E-state index contributed by atoms with van der Waals surface area (Å²) in [5.74, 6) is 1.46. The molecule has 116 valence electrons. The van der Waals surface area contributed by atoms with Gasteiger partial charge in [0.25, 0.3) is 5.91 Å². The van der Waals surface area contributed by atoms with Crippen LogP contribution in [0.2, 0.25) is 0 Å². The van der Waals surface area contributed by atoms with Crippen molar-refractivity contribution in [2.24, 2.45) is 7.05 Å². The highest BCUT2D eigenvalue weighted by Crippen LogP contribution is 2.23. The highest BCUT2D eigenvalue weighted by atomic mass is 79.9. The Balaban J connectivity index is 1.76. The van der Waals surface area contributed by atoms with Gasteiger partial charge in [-0.1, -0.05) is 12.1 Å². The molecule has 2 heterocycles. The summed E-state index contributed by atoms with van der Waals surface area (Å²) >= 11 is 3.39. The number of halogens is 1. The Kier molecular flexibility index (Phi) is 4.54. The fourth-order valence-corrected chi connectivity index (χ4v) is 3.05. The van der Waals surface area contributed by atoms with Gasteiger partial charge in [0.1, 0.15) is 0 Å². The summed E-state index contributed by atoms with van der Waals surface area (Å²) < 4.78 is 2.39. The van der Waals surface area contributed by atoms with Gasteiger partial charge in [0.2, 0.25) is 5.95 Å². The number of hydrogen-bond acceptors (Lipinski definition) is 4. The normalized spacial score (nSPS) is 15.7. The number of carbonyl (C=O) groups is 1. The molecule has 0 atom stereocenters. The molecule has 0 spiro atoms. The second kappa shape index (κ2) is 6.58. The van der Waals surface area contributed by atoms with Gasteiger partial charge < -0.3 is 5.32 Å². The predicted molar refractivity (Wildman–Crippen MR) is 87.9 cm³/mol. The second-order valence-corrected chi connectivity index (χ2v) is 6.23. The number of benzene rings is 1. The number of nitrogens with zero attached hydrogens (tertiary/aromatic N) is 3. The molecule has 2 N–H and O–H groups in total. The number of aromatic nitrogens is 3. The van der Waals surface area contributed by atoms with E-state index in [1.165, 1.54) is 0 Å². The average Bonchev–Trinajstić information content (AvgIpc) is 2.89. The van der Waals surface area contributed by atoms with E-state index in [1.807, 2.05) is 18.2 Å². The van der Waals surface area contributed by atoms with Crippen LogP contribution in [0.5, 0.6) is 0 Å². The standard InChI is InChI=1S/C15H18BrN5O/c1-21-15(18-13(20-21)10-6-8-17-9-7-10)19-14(22)11-4-2-3-5-12(11)16/h2-5,10,17H,6-9H2,1H3,(H,18,19,20,22). The molecule has 0 saturated carbocycles. The molecule has 22 heavy (non-hydrogen) atoms. The summed E-state index contributed by atoms with van der Waals surface area (Å²) in [7, 11) is 1.80. The number of carbonyl (C=O) groups excluding carboxylic acids is 1. The molecule has 0 bridgehead atoms. The Bertz CT molecular complexity index is 678. The second-order valence-electron chi connectivity index (χ2n) is 5.38. The minimum absolute atomic E-state index is 0.195. The lowest BCUT2D eigenvalue weighted by molar-refractivity contribution is 0.102. The molecule has 1 aliphatic heterocycles. The number of piperidine rings is 1. The van der Waals surface area contributed by atoms with Gasteiger partial charge >= 0.3 is 0 Å². The maximum absolute atomic E-state index is 12.3. The van der Waals surface area contributed by atoms with Crippen molar-refractivity contribution in [3.05, 3.63) is 40.1 Å². The maximum Gasteiger partial charge on any atom is 0.259 e. The van der Waals surface area contributed by atoms with Crippen molar-refractivity contribution in [1.29, 1.82) is 0 Å². The van der Waals surface area contributed by atoms with Crippen LogP contribution in [-0.4, -0.2) is 33.8 Å². The summed E-state index contributed by atoms with van der Waals surface area (Å²) in [6, 6.07) is 7.31. The van der Waals surface area contributed by atoms with Crippen molar-refractivity contribution in [3.63, 3.8) is 0 Å². The van der Waals surface area contributed by atoms with Crippen molar-refractivity contribution >= 4 is 27.8 Å². The van der Waals surface area contributed by atoms with E-state index < -0.39 is 0 Å². The first-order valence-corrected chi connectivity index (χ1v) is 8.12. The first-order chi connectivity index (χ1) is 10.6. The van der Waals surface area contributed by atoms with E-state index in [0.29, 0.717) is 17.4 Å². The van der Waals surface area contributed by atoms with E-state index >= 15 is 0 Å². The van der Waals surface area contributed by atoms with Gasteiger partial charge in [0, 0.05) is 17.4 Å². The number of nitrogens with one attached hydrogen (secondary N) is 2. The van der Waals surface area contributed by atoms with Crippen LogP contribution >= 0.6 is 15.9 Å². The van der Waals surface area contributed by atoms with Gasteiger partial charge in [-0.05, 0) is 54.0 Å². The topological polar surface area (TPSA) is 71.8 Å². The molecule has 6 nitrogen and oxygen atoms in total. The van der Waals surface area contributed by atoms with Gasteiger partial charge in [0.05, 0.1) is 5.56 Å². The summed E-state index contributed by atoms with van der Waals surface area (Å²) in [5.41, 5.74) is 0.578. The molecule has 0 radical (unpaired) electrons. The van der Waals surface area contributed by atoms with Crippen molar-refractivity contribution in [3.8, 4) is 0 Å². The van der Waals surface area contributed by atoms with Crippen molar-refractivity contribution in [2.75, 3.05) is 18.4 Å². The first-order valence-electron chi connectivity index (χ1n) is 7.32. The van der Waals surface area contributed by atoms with E-state index in [2.05, 4.69) is 36.6 Å². The molecule has 1 amide bonds. The largest absolute Gasteiger partial charge is 0.317 e. The fraction of sp³-hybridized carbons (Fsp3) is 0.400. The SMILES string of the molecule is Cn1nc(C2CCNCC2)nc1NC(=O)c1ccccc1Br. The van der Waals surface area contributed by atoms with E-state index in [-0.39, 0.29) is 5.91 Å². The third-order valence-corrected chi connectivity index (χ3v) is 4.52. The van der Waals surface area contributed by atoms with Crippen LogP contribution in [-0.2, 0) is 7.05 Å². The highest BCUT2D eigenvalue weighted by molar-refractivity contribution is 9.10. The molecule has 3 rings (SSSR count). The lowest BCUT2D eigenvalue weighted by atomic mass is 9.98. The molecule has 1 saturated heterocycles. The minimum Gasteiger partial charge on any atom is -0.317 e. The molecule has 0 aliphatic carbocycles. The van der Waals surface area contributed by atoms with Crippen LogP contribution in [0, 0.1) is 0 Å². The summed E-state index contributed by atoms with van der Waals surface area (Å²) in [5, 5.41) is 10.6. The molecular formula is C15H18BrN5O. The minimum atomic E-state index is -0.195. The van der Waals surface area contributed by atoms with E-state index in [1.54, 1.807) is 17.8 Å². The monoisotopic (exact) mass is 363 g/mol. The fourth-order valence-electron chi connectivity index (χ4n) is 2.58. The average molecular weight is 364 g/mol. The molecular weight excluding hydrogens is 346 g/mol. The zero-order valence-electron chi connectivity index (χ0n) is 12.3. The zero-order chi connectivity index (χ0) is 15.5. The van der Waals surface area contributed by atoms with E-state index in [4.69, 9.17) is 0 Å². The Morgan fingerprint density at radius 3 is 2.82 bits per heavy atom. The highest BCUT2D eigenvalue weighted by Gasteiger charge is 2.21. The van der Waals surface area contributed by atoms with Crippen LogP contribution in [0.4, 0.5) is 5.95 Å². The molecule has 7 heteroatoms. The molecule has 1 aromatic heterocycles. The molecule has 2 aromatic rings. The van der Waals surface area contributed by atoms with E-state index in [0.717, 1.165) is 36.2 Å². The van der Waals surface area contributed by atoms with Gasteiger partial charge in [0.15, 0.2) is 5.82 Å². The van der Waals surface area contributed by atoms with Crippen LogP contribution in [0.15, 0.2) is 28.7 Å². The Morgan fingerprint density at radius 1 is 1.36 bits per heavy atom. The Labute approximate surface area is 137 Å². The van der Waals surface area contributed by atoms with Crippen molar-refractivity contribution in [1.82, 2.24) is 20.1 Å².